The molecule has 7 heteroatoms. The summed E-state index contributed by atoms with van der Waals surface area (Å²) in [6.07, 6.45) is 0. The second-order valence-corrected chi connectivity index (χ2v) is 7.67. The molecule has 0 fully saturated rings. The Labute approximate surface area is 175 Å². The van der Waals surface area contributed by atoms with E-state index in [4.69, 9.17) is 11.6 Å². The average Bonchev–Trinajstić information content (AvgIpc) is 3.01. The monoisotopic (exact) mass is 412 g/mol. The van der Waals surface area contributed by atoms with Gasteiger partial charge in [0.2, 0.25) is 5.91 Å². The molecule has 2 amide bonds. The zero-order chi connectivity index (χ0) is 21.0. The third-order valence-corrected chi connectivity index (χ3v) is 5.16. The Morgan fingerprint density at radius 1 is 1.10 bits per heavy atom. The summed E-state index contributed by atoms with van der Waals surface area (Å²) in [4.78, 5) is 29.8. The molecule has 1 unspecified atom stereocenters. The number of carbonyl (C=O) groups is 2. The van der Waals surface area contributed by atoms with Gasteiger partial charge in [0.25, 0.3) is 5.91 Å². The number of carbonyl (C=O) groups excluding carboxylic acids is 2. The zero-order valence-corrected chi connectivity index (χ0v) is 17.5. The number of benzene rings is 2. The molecule has 0 aliphatic rings. The summed E-state index contributed by atoms with van der Waals surface area (Å²) in [6, 6.07) is 14.0. The third kappa shape index (κ3) is 4.77. The number of nitrogens with zero attached hydrogens (tertiary/aromatic N) is 2. The van der Waals surface area contributed by atoms with Crippen LogP contribution in [0.1, 0.15) is 30.0 Å². The molecule has 1 aromatic heterocycles. The standard InChI is InChI=1S/C22H25ClN4O2/c1-14(2)20(26-21(28)16-8-4-5-9-17(16)23)22(29)24-12-13-27-15(3)25-18-10-6-7-11-19(18)27/h4-11,14,20H,12-13H2,1-3H3,(H,24,29)(H,26,28). The highest BCUT2D eigenvalue weighted by Gasteiger charge is 2.25. The van der Waals surface area contributed by atoms with Crippen molar-refractivity contribution in [1.82, 2.24) is 20.2 Å². The van der Waals surface area contributed by atoms with Gasteiger partial charge in [-0.3, -0.25) is 9.59 Å². The Kier molecular flexibility index (Phi) is 6.54. The van der Waals surface area contributed by atoms with E-state index >= 15 is 0 Å². The fourth-order valence-corrected chi connectivity index (χ4v) is 3.50. The lowest BCUT2D eigenvalue weighted by atomic mass is 10.0. The molecule has 3 rings (SSSR count). The molecule has 2 aromatic carbocycles. The first-order valence-electron chi connectivity index (χ1n) is 9.63. The SMILES string of the molecule is Cc1nc2ccccc2n1CCNC(=O)C(NC(=O)c1ccccc1Cl)C(C)C. The predicted octanol–water partition coefficient (Wildman–Crippen LogP) is 3.57. The number of fused-ring (bicyclic) bond motifs is 1. The second kappa shape index (κ2) is 9.09. The van der Waals surface area contributed by atoms with Crippen molar-refractivity contribution in [1.29, 1.82) is 0 Å². The summed E-state index contributed by atoms with van der Waals surface area (Å²) < 4.78 is 2.07. The fourth-order valence-electron chi connectivity index (χ4n) is 3.28. The molecule has 0 aliphatic heterocycles. The molecule has 0 saturated carbocycles. The minimum absolute atomic E-state index is 0.0720. The molecule has 2 N–H and O–H groups in total. The normalized spacial score (nSPS) is 12.2. The lowest BCUT2D eigenvalue weighted by Crippen LogP contribution is -2.50. The van der Waals surface area contributed by atoms with Gasteiger partial charge in [-0.1, -0.05) is 49.7 Å². The number of aryl methyl sites for hydroxylation is 1. The van der Waals surface area contributed by atoms with Crippen LogP contribution in [0.5, 0.6) is 0 Å². The molecular weight excluding hydrogens is 388 g/mol. The molecule has 1 heterocycles. The molecule has 0 saturated heterocycles. The summed E-state index contributed by atoms with van der Waals surface area (Å²) >= 11 is 6.09. The van der Waals surface area contributed by atoms with E-state index in [-0.39, 0.29) is 17.7 Å². The average molecular weight is 413 g/mol. The fraction of sp³-hybridized carbons (Fsp3) is 0.318. The number of rotatable bonds is 7. The summed E-state index contributed by atoms with van der Waals surface area (Å²) in [6.45, 7) is 6.77. The molecule has 29 heavy (non-hydrogen) atoms. The molecule has 0 bridgehead atoms. The van der Waals surface area contributed by atoms with Crippen molar-refractivity contribution < 1.29 is 9.59 Å². The first-order chi connectivity index (χ1) is 13.9. The first-order valence-corrected chi connectivity index (χ1v) is 10.0. The summed E-state index contributed by atoms with van der Waals surface area (Å²) in [5, 5.41) is 6.09. The van der Waals surface area contributed by atoms with Crippen molar-refractivity contribution in [2.75, 3.05) is 6.54 Å². The molecular formula is C22H25ClN4O2. The van der Waals surface area contributed by atoms with E-state index < -0.39 is 6.04 Å². The molecule has 0 radical (unpaired) electrons. The van der Waals surface area contributed by atoms with Crippen molar-refractivity contribution in [2.24, 2.45) is 5.92 Å². The van der Waals surface area contributed by atoms with Crippen LogP contribution in [0.2, 0.25) is 5.02 Å². The van der Waals surface area contributed by atoms with Crippen molar-refractivity contribution in [2.45, 2.75) is 33.4 Å². The van der Waals surface area contributed by atoms with E-state index in [9.17, 15) is 9.59 Å². The molecule has 0 spiro atoms. The maximum absolute atomic E-state index is 12.7. The van der Waals surface area contributed by atoms with Gasteiger partial charge in [0, 0.05) is 13.1 Å². The lowest BCUT2D eigenvalue weighted by molar-refractivity contribution is -0.123. The van der Waals surface area contributed by atoms with Gasteiger partial charge < -0.3 is 15.2 Å². The topological polar surface area (TPSA) is 76.0 Å². The van der Waals surface area contributed by atoms with E-state index in [1.807, 2.05) is 45.0 Å². The first kappa shape index (κ1) is 20.9. The third-order valence-electron chi connectivity index (χ3n) is 4.83. The van der Waals surface area contributed by atoms with Crippen LogP contribution in [0.25, 0.3) is 11.0 Å². The van der Waals surface area contributed by atoms with E-state index in [1.165, 1.54) is 0 Å². The van der Waals surface area contributed by atoms with Gasteiger partial charge in [-0.15, -0.1) is 0 Å². The van der Waals surface area contributed by atoms with Gasteiger partial charge in [0.05, 0.1) is 21.6 Å². The summed E-state index contributed by atoms with van der Waals surface area (Å²) in [5.41, 5.74) is 2.32. The highest BCUT2D eigenvalue weighted by Crippen LogP contribution is 2.16. The Morgan fingerprint density at radius 3 is 2.52 bits per heavy atom. The number of aromatic nitrogens is 2. The van der Waals surface area contributed by atoms with E-state index in [0.29, 0.717) is 23.7 Å². The van der Waals surface area contributed by atoms with Crippen molar-refractivity contribution >= 4 is 34.4 Å². The lowest BCUT2D eigenvalue weighted by Gasteiger charge is -2.22. The Hall–Kier alpha value is -2.86. The van der Waals surface area contributed by atoms with Gasteiger partial charge in [-0.05, 0) is 37.1 Å². The highest BCUT2D eigenvalue weighted by molar-refractivity contribution is 6.33. The summed E-state index contributed by atoms with van der Waals surface area (Å²) in [7, 11) is 0. The maximum Gasteiger partial charge on any atom is 0.253 e. The van der Waals surface area contributed by atoms with Crippen LogP contribution in [-0.4, -0.2) is 34.0 Å². The smallest absolute Gasteiger partial charge is 0.253 e. The second-order valence-electron chi connectivity index (χ2n) is 7.27. The number of hydrogen-bond acceptors (Lipinski definition) is 3. The van der Waals surface area contributed by atoms with Crippen LogP contribution in [0.3, 0.4) is 0 Å². The highest BCUT2D eigenvalue weighted by atomic mass is 35.5. The molecule has 152 valence electrons. The van der Waals surface area contributed by atoms with Crippen molar-refractivity contribution in [3.63, 3.8) is 0 Å². The Bertz CT molecular complexity index is 1030. The Morgan fingerprint density at radius 2 is 1.79 bits per heavy atom. The van der Waals surface area contributed by atoms with Gasteiger partial charge in [0.1, 0.15) is 11.9 Å². The van der Waals surface area contributed by atoms with Gasteiger partial charge in [-0.25, -0.2) is 4.98 Å². The van der Waals surface area contributed by atoms with Crippen LogP contribution < -0.4 is 10.6 Å². The van der Waals surface area contributed by atoms with Crippen LogP contribution in [0.4, 0.5) is 0 Å². The van der Waals surface area contributed by atoms with Gasteiger partial charge in [-0.2, -0.15) is 0 Å². The number of hydrogen-bond donors (Lipinski definition) is 2. The number of nitrogens with one attached hydrogen (secondary N) is 2. The Balaban J connectivity index is 1.63. The van der Waals surface area contributed by atoms with E-state index in [1.54, 1.807) is 24.3 Å². The van der Waals surface area contributed by atoms with Crippen LogP contribution >= 0.6 is 11.6 Å². The molecule has 1 atom stereocenters. The molecule has 0 aliphatic carbocycles. The quantitative estimate of drug-likeness (QED) is 0.622. The maximum atomic E-state index is 12.7. The zero-order valence-electron chi connectivity index (χ0n) is 16.8. The minimum Gasteiger partial charge on any atom is -0.353 e. The van der Waals surface area contributed by atoms with Gasteiger partial charge in [0.15, 0.2) is 0 Å². The largest absolute Gasteiger partial charge is 0.353 e. The number of para-hydroxylation sites is 2. The van der Waals surface area contributed by atoms with Crippen LogP contribution in [-0.2, 0) is 11.3 Å². The number of amides is 2. The van der Waals surface area contributed by atoms with E-state index in [0.717, 1.165) is 16.9 Å². The predicted molar refractivity (Wildman–Crippen MR) is 115 cm³/mol. The molecule has 3 aromatic rings. The summed E-state index contributed by atoms with van der Waals surface area (Å²) in [5.74, 6) is 0.244. The minimum atomic E-state index is -0.653. The van der Waals surface area contributed by atoms with Crippen molar-refractivity contribution in [3.05, 3.63) is 64.9 Å². The number of imidazole rings is 1. The van der Waals surface area contributed by atoms with E-state index in [2.05, 4.69) is 20.2 Å². The van der Waals surface area contributed by atoms with Crippen LogP contribution in [0, 0.1) is 12.8 Å². The van der Waals surface area contributed by atoms with Crippen molar-refractivity contribution in [3.8, 4) is 0 Å². The van der Waals surface area contributed by atoms with Crippen LogP contribution in [0.15, 0.2) is 48.5 Å². The molecule has 6 nitrogen and oxygen atoms in total. The van der Waals surface area contributed by atoms with Gasteiger partial charge >= 0.3 is 0 Å². The number of halogens is 1.